The average Bonchev–Trinajstić information content (AvgIpc) is 3.52. The van der Waals surface area contributed by atoms with Gasteiger partial charge in [-0.2, -0.15) is 0 Å². The molecular weight excluding hydrogens is 670 g/mol. The number of ketones is 1. The van der Waals surface area contributed by atoms with Crippen LogP contribution in [0.2, 0.25) is 0 Å². The summed E-state index contributed by atoms with van der Waals surface area (Å²) in [6.45, 7) is 7.11. The molecule has 0 spiro atoms. The van der Waals surface area contributed by atoms with Crippen molar-refractivity contribution in [3.63, 3.8) is 0 Å². The number of methoxy groups -OCH3 is 2. The maximum atomic E-state index is 13.9. The van der Waals surface area contributed by atoms with Gasteiger partial charge in [-0.15, -0.1) is 0 Å². The maximum Gasteiger partial charge on any atom is 1.00 e. The van der Waals surface area contributed by atoms with Gasteiger partial charge in [0, 0.05) is 79.9 Å². The number of hydrogen-bond acceptors (Lipinski definition) is 8. The van der Waals surface area contributed by atoms with E-state index in [1.807, 2.05) is 53.2 Å². The number of carbonyl (C=O) groups excluding carboxylic acids is 2. The van der Waals surface area contributed by atoms with Crippen LogP contribution in [0.4, 0.5) is 5.69 Å². The molecule has 0 bridgehead atoms. The minimum Gasteiger partial charge on any atom is -0.550 e. The number of carbonyl (C=O) groups is 2. The van der Waals surface area contributed by atoms with Gasteiger partial charge in [0.2, 0.25) is 0 Å². The van der Waals surface area contributed by atoms with Crippen LogP contribution in [-0.4, -0.2) is 68.2 Å². The summed E-state index contributed by atoms with van der Waals surface area (Å²) in [5, 5.41) is 11.8. The smallest absolute Gasteiger partial charge is 0.550 e. The van der Waals surface area contributed by atoms with E-state index in [1.165, 1.54) is 5.56 Å². The molecule has 1 atom stereocenters. The number of benzene rings is 4. The molecule has 51 heavy (non-hydrogen) atoms. The van der Waals surface area contributed by atoms with Crippen molar-refractivity contribution in [3.8, 4) is 17.2 Å². The first-order valence-electron chi connectivity index (χ1n) is 17.2. The summed E-state index contributed by atoms with van der Waals surface area (Å²) in [4.78, 5) is 29.7. The van der Waals surface area contributed by atoms with E-state index in [2.05, 4.69) is 53.1 Å². The molecule has 1 aliphatic rings. The number of carboxylic acid groups (broad SMARTS) is 1. The van der Waals surface area contributed by atoms with E-state index >= 15 is 0 Å². The Morgan fingerprint density at radius 3 is 2.24 bits per heavy atom. The first-order valence-corrected chi connectivity index (χ1v) is 17.2. The van der Waals surface area contributed by atoms with Crippen molar-refractivity contribution in [1.82, 2.24) is 9.47 Å². The number of para-hydroxylation sites is 3. The van der Waals surface area contributed by atoms with Crippen molar-refractivity contribution in [2.45, 2.75) is 38.8 Å². The van der Waals surface area contributed by atoms with Crippen LogP contribution in [0, 0.1) is 6.92 Å². The van der Waals surface area contributed by atoms with E-state index < -0.39 is 5.97 Å². The van der Waals surface area contributed by atoms with E-state index in [1.54, 1.807) is 26.4 Å². The summed E-state index contributed by atoms with van der Waals surface area (Å²) >= 11 is 0. The van der Waals surface area contributed by atoms with Crippen LogP contribution in [0.25, 0.3) is 10.9 Å². The van der Waals surface area contributed by atoms with Crippen molar-refractivity contribution in [3.05, 3.63) is 119 Å². The Bertz CT molecular complexity index is 1930. The van der Waals surface area contributed by atoms with Crippen molar-refractivity contribution >= 4 is 28.3 Å². The second-order valence-corrected chi connectivity index (χ2v) is 12.7. The Morgan fingerprint density at radius 1 is 0.804 bits per heavy atom. The molecule has 1 fully saturated rings. The fourth-order valence-electron chi connectivity index (χ4n) is 6.70. The number of aliphatic carboxylic acids is 1. The second-order valence-electron chi connectivity index (χ2n) is 12.7. The van der Waals surface area contributed by atoms with Gasteiger partial charge in [0.25, 0.3) is 0 Å². The molecule has 0 amide bonds. The Morgan fingerprint density at radius 2 is 1.51 bits per heavy atom. The number of anilines is 1. The molecule has 6 rings (SSSR count). The van der Waals surface area contributed by atoms with Gasteiger partial charge in [0.05, 0.1) is 19.9 Å². The molecule has 4 aromatic carbocycles. The standard InChI is InChI=1S/C41H45N3O6.K/c1-29-14-16-30(17-15-29)36(20-22-42-23-25-43(26-24-42)35-11-6-7-12-37(35)48-2)50-38-19-18-31(27-39(38)49-3)41(47)33-28-44(21-8-13-40(45)46)34-10-5-4-9-32(33)34;/h4-7,9-12,14-19,27-28,36H,8,13,20-26H2,1-3H3,(H,45,46);/q;+1/p-1/t36-;/m0./s1. The quantitative estimate of drug-likeness (QED) is 0.121. The minimum atomic E-state index is -1.08. The number of rotatable bonds is 15. The second kappa shape index (κ2) is 18.2. The minimum absolute atomic E-state index is 0. The zero-order valence-electron chi connectivity index (χ0n) is 30.0. The first kappa shape index (κ1) is 38.6. The van der Waals surface area contributed by atoms with E-state index in [-0.39, 0.29) is 69.7 Å². The Hall–Kier alpha value is -3.64. The van der Waals surface area contributed by atoms with Gasteiger partial charge in [-0.3, -0.25) is 9.69 Å². The van der Waals surface area contributed by atoms with Crippen LogP contribution >= 0.6 is 0 Å². The number of piperazine rings is 1. The summed E-state index contributed by atoms with van der Waals surface area (Å²) in [7, 11) is 3.30. The number of ether oxygens (including phenoxy) is 3. The number of fused-ring (bicyclic) bond motifs is 1. The van der Waals surface area contributed by atoms with Crippen LogP contribution in [0.1, 0.15) is 52.4 Å². The number of aromatic nitrogens is 1. The third-order valence-corrected chi connectivity index (χ3v) is 9.46. The summed E-state index contributed by atoms with van der Waals surface area (Å²) in [6, 6.07) is 29.6. The molecule has 2 heterocycles. The fraction of sp³-hybridized carbons (Fsp3) is 0.317. The predicted octanol–water partition coefficient (Wildman–Crippen LogP) is 3.06. The van der Waals surface area contributed by atoms with Crippen molar-refractivity contribution < 1.29 is 80.3 Å². The zero-order valence-corrected chi connectivity index (χ0v) is 33.1. The van der Waals surface area contributed by atoms with Crippen molar-refractivity contribution in [2.75, 3.05) is 51.8 Å². The molecule has 0 N–H and O–H groups in total. The van der Waals surface area contributed by atoms with Gasteiger partial charge >= 0.3 is 51.4 Å². The Labute approximate surface area is 342 Å². The molecule has 1 aliphatic heterocycles. The number of carboxylic acids is 1. The normalized spacial score (nSPS) is 13.7. The fourth-order valence-corrected chi connectivity index (χ4v) is 6.70. The van der Waals surface area contributed by atoms with Gasteiger partial charge in [-0.25, -0.2) is 0 Å². The van der Waals surface area contributed by atoms with E-state index in [0.29, 0.717) is 35.6 Å². The summed E-state index contributed by atoms with van der Waals surface area (Å²) < 4.78 is 20.0. The number of hydrogen-bond donors (Lipinski definition) is 0. The number of nitrogens with zero attached hydrogens (tertiary/aromatic N) is 3. The molecule has 0 aliphatic carbocycles. The van der Waals surface area contributed by atoms with E-state index in [9.17, 15) is 14.7 Å². The van der Waals surface area contributed by atoms with Crippen molar-refractivity contribution in [1.29, 1.82) is 0 Å². The Balaban J connectivity index is 0.00000504. The van der Waals surface area contributed by atoms with Crippen LogP contribution in [0.5, 0.6) is 17.2 Å². The van der Waals surface area contributed by atoms with Crippen LogP contribution in [-0.2, 0) is 11.3 Å². The monoisotopic (exact) mass is 713 g/mol. The molecule has 0 saturated carbocycles. The summed E-state index contributed by atoms with van der Waals surface area (Å²) in [5.41, 5.74) is 5.30. The number of aryl methyl sites for hydroxylation is 2. The molecule has 1 saturated heterocycles. The molecule has 0 radical (unpaired) electrons. The third kappa shape index (κ3) is 9.43. The molecule has 5 aromatic rings. The average molecular weight is 714 g/mol. The largest absolute Gasteiger partial charge is 1.00 e. The van der Waals surface area contributed by atoms with Gasteiger partial charge in [0.15, 0.2) is 17.3 Å². The molecule has 10 heteroatoms. The van der Waals surface area contributed by atoms with Gasteiger partial charge in [0.1, 0.15) is 11.9 Å². The van der Waals surface area contributed by atoms with Crippen LogP contribution in [0.3, 0.4) is 0 Å². The third-order valence-electron chi connectivity index (χ3n) is 9.46. The van der Waals surface area contributed by atoms with Crippen molar-refractivity contribution in [2.24, 2.45) is 0 Å². The predicted molar refractivity (Wildman–Crippen MR) is 193 cm³/mol. The molecule has 1 aromatic heterocycles. The van der Waals surface area contributed by atoms with Gasteiger partial charge in [-0.1, -0.05) is 60.2 Å². The van der Waals surface area contributed by atoms with Gasteiger partial charge < -0.3 is 33.6 Å². The van der Waals surface area contributed by atoms with E-state index in [4.69, 9.17) is 14.2 Å². The molecular formula is C41H44KN3O6. The summed E-state index contributed by atoms with van der Waals surface area (Å²) in [6.07, 6.45) is 2.73. The maximum absolute atomic E-state index is 13.9. The van der Waals surface area contributed by atoms with Crippen LogP contribution < -0.4 is 75.6 Å². The van der Waals surface area contributed by atoms with E-state index in [0.717, 1.165) is 67.0 Å². The molecule has 260 valence electrons. The topological polar surface area (TPSA) is 96.3 Å². The summed E-state index contributed by atoms with van der Waals surface area (Å²) in [5.74, 6) is 0.719. The molecule has 0 unspecified atom stereocenters. The van der Waals surface area contributed by atoms with Gasteiger partial charge in [-0.05, 0) is 61.7 Å². The SMILES string of the molecule is COc1cc(C(=O)c2cn(CCCC(=O)[O-])c3ccccc23)ccc1O[C@@H](CCN1CCN(c2ccccc2OC)CC1)c1ccc(C)cc1.[K+]. The Kier molecular flexibility index (Phi) is 13.8. The zero-order chi connectivity index (χ0) is 35.0. The van der Waals surface area contributed by atoms with Crippen LogP contribution in [0.15, 0.2) is 97.2 Å². The first-order chi connectivity index (χ1) is 24.3. The molecule has 9 nitrogen and oxygen atoms in total.